The second-order valence-corrected chi connectivity index (χ2v) is 7.43. The highest BCUT2D eigenvalue weighted by atomic mass is 79.9. The molecular formula is C14H13BrN4O2S. The van der Waals surface area contributed by atoms with E-state index in [0.717, 1.165) is 0 Å². The maximum absolute atomic E-state index is 12.4. The van der Waals surface area contributed by atoms with Crippen molar-refractivity contribution in [3.05, 3.63) is 58.5 Å². The van der Waals surface area contributed by atoms with Gasteiger partial charge in [-0.05, 0) is 36.8 Å². The molecule has 2 aromatic heterocycles. The molecule has 0 fully saturated rings. The molecule has 6 nitrogen and oxygen atoms in total. The number of sulfonamides is 1. The standard InChI is InChI=1S/C14H13BrN4O2S/c1-10-5-6-11(15)8-12(10)22(20,21)16-9-14-18-17-13-4-2-3-7-19(13)14/h2-8,16H,9H2,1H3. The molecule has 0 atom stereocenters. The van der Waals surface area contributed by atoms with Crippen LogP contribution in [0.1, 0.15) is 11.4 Å². The second-order valence-electron chi connectivity index (χ2n) is 4.78. The van der Waals surface area contributed by atoms with Crippen molar-refractivity contribution in [3.63, 3.8) is 0 Å². The van der Waals surface area contributed by atoms with Crippen molar-refractivity contribution in [2.75, 3.05) is 0 Å². The van der Waals surface area contributed by atoms with Gasteiger partial charge in [-0.15, -0.1) is 10.2 Å². The summed E-state index contributed by atoms with van der Waals surface area (Å²) >= 11 is 3.29. The van der Waals surface area contributed by atoms with Crippen LogP contribution in [0, 0.1) is 6.92 Å². The lowest BCUT2D eigenvalue weighted by atomic mass is 10.2. The molecule has 0 aliphatic carbocycles. The van der Waals surface area contributed by atoms with Crippen molar-refractivity contribution >= 4 is 31.6 Å². The number of benzene rings is 1. The third kappa shape index (κ3) is 2.90. The second kappa shape index (κ2) is 5.79. The van der Waals surface area contributed by atoms with E-state index < -0.39 is 10.0 Å². The number of nitrogens with zero attached hydrogens (tertiary/aromatic N) is 3. The Morgan fingerprint density at radius 1 is 1.23 bits per heavy atom. The molecule has 22 heavy (non-hydrogen) atoms. The molecule has 0 aliphatic heterocycles. The number of hydrogen-bond acceptors (Lipinski definition) is 4. The first-order chi connectivity index (χ1) is 10.5. The van der Waals surface area contributed by atoms with Crippen LogP contribution in [0.3, 0.4) is 0 Å². The summed E-state index contributed by atoms with van der Waals surface area (Å²) in [6.07, 6.45) is 1.79. The van der Waals surface area contributed by atoms with Gasteiger partial charge < -0.3 is 0 Å². The number of aryl methyl sites for hydroxylation is 1. The summed E-state index contributed by atoms with van der Waals surface area (Å²) in [4.78, 5) is 0.246. The predicted molar refractivity (Wildman–Crippen MR) is 85.9 cm³/mol. The number of nitrogens with one attached hydrogen (secondary N) is 1. The number of pyridine rings is 1. The average molecular weight is 381 g/mol. The van der Waals surface area contributed by atoms with Gasteiger partial charge in [0.2, 0.25) is 10.0 Å². The normalized spacial score (nSPS) is 11.9. The molecule has 2 heterocycles. The lowest BCUT2D eigenvalue weighted by molar-refractivity contribution is 0.578. The summed E-state index contributed by atoms with van der Waals surface area (Å²) in [6, 6.07) is 10.6. The summed E-state index contributed by atoms with van der Waals surface area (Å²) in [7, 11) is -3.62. The molecule has 1 N–H and O–H groups in total. The predicted octanol–water partition coefficient (Wildman–Crippen LogP) is 2.28. The maximum Gasteiger partial charge on any atom is 0.241 e. The summed E-state index contributed by atoms with van der Waals surface area (Å²) in [5.41, 5.74) is 1.36. The van der Waals surface area contributed by atoms with E-state index in [1.165, 1.54) is 0 Å². The molecule has 0 unspecified atom stereocenters. The fourth-order valence-electron chi connectivity index (χ4n) is 2.11. The fourth-order valence-corrected chi connectivity index (χ4v) is 3.87. The van der Waals surface area contributed by atoms with Crippen molar-refractivity contribution in [1.82, 2.24) is 19.3 Å². The Balaban J connectivity index is 1.88. The topological polar surface area (TPSA) is 76.4 Å². The number of fused-ring (bicyclic) bond motifs is 1. The van der Waals surface area contributed by atoms with Crippen molar-refractivity contribution in [3.8, 4) is 0 Å². The molecule has 0 amide bonds. The van der Waals surface area contributed by atoms with Crippen LogP contribution in [0.4, 0.5) is 0 Å². The van der Waals surface area contributed by atoms with Gasteiger partial charge in [0.15, 0.2) is 11.5 Å². The van der Waals surface area contributed by atoms with E-state index in [1.54, 1.807) is 35.7 Å². The quantitative estimate of drug-likeness (QED) is 0.752. The monoisotopic (exact) mass is 380 g/mol. The van der Waals surface area contributed by atoms with E-state index in [2.05, 4.69) is 30.8 Å². The zero-order valence-electron chi connectivity index (χ0n) is 11.7. The Morgan fingerprint density at radius 2 is 2.05 bits per heavy atom. The molecule has 1 aromatic carbocycles. The third-order valence-electron chi connectivity index (χ3n) is 3.24. The average Bonchev–Trinajstić information content (AvgIpc) is 2.91. The summed E-state index contributed by atoms with van der Waals surface area (Å²) < 4.78 is 29.9. The van der Waals surface area contributed by atoms with Crippen LogP contribution in [-0.2, 0) is 16.6 Å². The molecule has 0 saturated carbocycles. The fraction of sp³-hybridized carbons (Fsp3) is 0.143. The molecule has 8 heteroatoms. The maximum atomic E-state index is 12.4. The molecule has 0 saturated heterocycles. The van der Waals surface area contributed by atoms with Crippen molar-refractivity contribution < 1.29 is 8.42 Å². The van der Waals surface area contributed by atoms with E-state index in [0.29, 0.717) is 21.5 Å². The Hall–Kier alpha value is -1.77. The zero-order chi connectivity index (χ0) is 15.7. The lowest BCUT2D eigenvalue weighted by Gasteiger charge is -2.09. The van der Waals surface area contributed by atoms with Crippen LogP contribution >= 0.6 is 15.9 Å². The molecule has 3 rings (SSSR count). The highest BCUT2D eigenvalue weighted by molar-refractivity contribution is 9.10. The van der Waals surface area contributed by atoms with Crippen LogP contribution in [0.15, 0.2) is 52.0 Å². The SMILES string of the molecule is Cc1ccc(Br)cc1S(=O)(=O)NCc1nnc2ccccn12. The van der Waals surface area contributed by atoms with Crippen LogP contribution in [0.2, 0.25) is 0 Å². The van der Waals surface area contributed by atoms with E-state index in [1.807, 2.05) is 18.2 Å². The van der Waals surface area contributed by atoms with E-state index in [-0.39, 0.29) is 11.4 Å². The van der Waals surface area contributed by atoms with Gasteiger partial charge in [0.1, 0.15) is 0 Å². The number of hydrogen-bond donors (Lipinski definition) is 1. The first kappa shape index (κ1) is 15.1. The highest BCUT2D eigenvalue weighted by Crippen LogP contribution is 2.20. The van der Waals surface area contributed by atoms with Crippen molar-refractivity contribution in [1.29, 1.82) is 0 Å². The highest BCUT2D eigenvalue weighted by Gasteiger charge is 2.18. The van der Waals surface area contributed by atoms with Gasteiger partial charge in [-0.25, -0.2) is 13.1 Å². The Kier molecular flexibility index (Phi) is 3.98. The third-order valence-corrected chi connectivity index (χ3v) is 5.28. The smallest absolute Gasteiger partial charge is 0.241 e. The van der Waals surface area contributed by atoms with Crippen molar-refractivity contribution in [2.24, 2.45) is 0 Å². The van der Waals surface area contributed by atoms with Gasteiger partial charge in [-0.2, -0.15) is 0 Å². The zero-order valence-corrected chi connectivity index (χ0v) is 14.1. The van der Waals surface area contributed by atoms with E-state index in [4.69, 9.17) is 0 Å². The molecule has 114 valence electrons. The van der Waals surface area contributed by atoms with Gasteiger partial charge in [-0.1, -0.05) is 28.1 Å². The molecule has 0 bridgehead atoms. The van der Waals surface area contributed by atoms with Gasteiger partial charge in [-0.3, -0.25) is 4.40 Å². The van der Waals surface area contributed by atoms with Crippen LogP contribution < -0.4 is 4.72 Å². The minimum absolute atomic E-state index is 0.0689. The van der Waals surface area contributed by atoms with Gasteiger partial charge in [0.25, 0.3) is 0 Å². The Labute approximate surface area is 136 Å². The molecule has 0 radical (unpaired) electrons. The van der Waals surface area contributed by atoms with Gasteiger partial charge in [0.05, 0.1) is 11.4 Å². The van der Waals surface area contributed by atoms with E-state index >= 15 is 0 Å². The minimum Gasteiger partial charge on any atom is -0.285 e. The Morgan fingerprint density at radius 3 is 2.86 bits per heavy atom. The molecular weight excluding hydrogens is 368 g/mol. The Bertz CT molecular complexity index is 937. The minimum atomic E-state index is -3.62. The first-order valence-electron chi connectivity index (χ1n) is 6.52. The largest absolute Gasteiger partial charge is 0.285 e. The van der Waals surface area contributed by atoms with Gasteiger partial charge in [0, 0.05) is 10.7 Å². The first-order valence-corrected chi connectivity index (χ1v) is 8.79. The van der Waals surface area contributed by atoms with Crippen LogP contribution in [-0.4, -0.2) is 23.0 Å². The number of aromatic nitrogens is 3. The van der Waals surface area contributed by atoms with E-state index in [9.17, 15) is 8.42 Å². The molecule has 0 aliphatic rings. The molecule has 3 aromatic rings. The lowest BCUT2D eigenvalue weighted by Crippen LogP contribution is -2.25. The number of halogens is 1. The van der Waals surface area contributed by atoms with Gasteiger partial charge >= 0.3 is 0 Å². The number of rotatable bonds is 4. The van der Waals surface area contributed by atoms with Crippen LogP contribution in [0.5, 0.6) is 0 Å². The summed E-state index contributed by atoms with van der Waals surface area (Å²) in [6.45, 7) is 1.83. The molecule has 0 spiro atoms. The summed E-state index contributed by atoms with van der Waals surface area (Å²) in [5.74, 6) is 0.534. The van der Waals surface area contributed by atoms with Crippen LogP contribution in [0.25, 0.3) is 5.65 Å². The summed E-state index contributed by atoms with van der Waals surface area (Å²) in [5, 5.41) is 8.00. The van der Waals surface area contributed by atoms with Crippen molar-refractivity contribution in [2.45, 2.75) is 18.4 Å².